The Morgan fingerprint density at radius 1 is 0.810 bits per heavy atom. The van der Waals surface area contributed by atoms with Crippen molar-refractivity contribution in [2.75, 3.05) is 6.54 Å². The first kappa shape index (κ1) is 27.9. The van der Waals surface area contributed by atoms with Crippen LogP contribution in [0.2, 0.25) is 10.0 Å². The summed E-state index contributed by atoms with van der Waals surface area (Å²) in [6.07, 6.45) is 4.62. The zero-order valence-electron chi connectivity index (χ0n) is 22.3. The lowest BCUT2D eigenvalue weighted by Gasteiger charge is -2.31. The molecule has 1 heterocycles. The van der Waals surface area contributed by atoms with Gasteiger partial charge in [-0.15, -0.1) is 0 Å². The van der Waals surface area contributed by atoms with E-state index in [0.717, 1.165) is 22.0 Å². The molecule has 0 N–H and O–H groups in total. The highest BCUT2D eigenvalue weighted by atomic mass is 35.5. The van der Waals surface area contributed by atoms with Crippen LogP contribution in [0.1, 0.15) is 43.1 Å². The number of esters is 1. The van der Waals surface area contributed by atoms with Crippen LogP contribution in [0.25, 0.3) is 0 Å². The molecular formula is C32H24Cl2N2O6. The molecule has 3 amide bonds. The van der Waals surface area contributed by atoms with Gasteiger partial charge in [0.15, 0.2) is 5.78 Å². The summed E-state index contributed by atoms with van der Waals surface area (Å²) < 4.78 is 5.41. The Labute approximate surface area is 251 Å². The normalized spacial score (nSPS) is 21.9. The molecule has 2 fully saturated rings. The lowest BCUT2D eigenvalue weighted by Crippen LogP contribution is -2.52. The molecule has 1 saturated heterocycles. The molecule has 8 nitrogen and oxygen atoms in total. The fraction of sp³-hybridized carbons (Fsp3) is 0.219. The number of carbonyl (C=O) groups excluding carboxylic acids is 5. The topological polar surface area (TPSA) is 101 Å². The Kier molecular flexibility index (Phi) is 7.20. The van der Waals surface area contributed by atoms with Gasteiger partial charge in [0, 0.05) is 11.1 Å². The number of Topliss-reactive ketones (excluding diaryl/α,β-unsaturated/α-hetero) is 1. The van der Waals surface area contributed by atoms with Crippen LogP contribution in [0.15, 0.2) is 78.9 Å². The Morgan fingerprint density at radius 2 is 1.38 bits per heavy atom. The predicted molar refractivity (Wildman–Crippen MR) is 154 cm³/mol. The number of hydrogen-bond acceptors (Lipinski definition) is 6. The summed E-state index contributed by atoms with van der Waals surface area (Å²) in [6, 6.07) is 16.9. The number of rotatable bonds is 7. The summed E-state index contributed by atoms with van der Waals surface area (Å²) in [5.74, 6) is -3.87. The molecule has 0 aromatic heterocycles. The first-order chi connectivity index (χ1) is 20.1. The van der Waals surface area contributed by atoms with Gasteiger partial charge >= 0.3 is 5.97 Å². The molecule has 10 heteroatoms. The number of ether oxygens (including phenoxy) is 1. The molecule has 6 rings (SSSR count). The van der Waals surface area contributed by atoms with Crippen LogP contribution in [0.4, 0.5) is 0 Å². The number of benzene rings is 3. The molecule has 4 atom stereocenters. The number of nitrogens with zero attached hydrogens (tertiary/aromatic N) is 2. The second kappa shape index (κ2) is 10.9. The number of allylic oxidation sites excluding steroid dienone is 2. The van der Waals surface area contributed by atoms with E-state index in [1.165, 1.54) is 42.5 Å². The quantitative estimate of drug-likeness (QED) is 0.115. The van der Waals surface area contributed by atoms with Crippen molar-refractivity contribution in [1.29, 1.82) is 0 Å². The Morgan fingerprint density at radius 3 is 1.98 bits per heavy atom. The molecule has 3 aliphatic rings. The monoisotopic (exact) mass is 602 g/mol. The van der Waals surface area contributed by atoms with Crippen molar-refractivity contribution < 1.29 is 28.7 Å². The Balaban J connectivity index is 1.24. The van der Waals surface area contributed by atoms with Gasteiger partial charge in [0.2, 0.25) is 0 Å². The van der Waals surface area contributed by atoms with E-state index in [0.29, 0.717) is 5.56 Å². The molecule has 1 saturated carbocycles. The number of hydrazine groups is 1. The molecule has 0 unspecified atom stereocenters. The molecule has 2 bridgehead atoms. The highest BCUT2D eigenvalue weighted by Crippen LogP contribution is 2.52. The van der Waals surface area contributed by atoms with Gasteiger partial charge in [0.05, 0.1) is 27.4 Å². The van der Waals surface area contributed by atoms with E-state index >= 15 is 0 Å². The van der Waals surface area contributed by atoms with Crippen molar-refractivity contribution in [3.63, 3.8) is 0 Å². The molecule has 42 heavy (non-hydrogen) atoms. The number of hydrogen-bond donors (Lipinski definition) is 0. The van der Waals surface area contributed by atoms with Gasteiger partial charge in [-0.2, -0.15) is 5.01 Å². The molecule has 3 aromatic rings. The molecule has 2 aliphatic carbocycles. The first-order valence-electron chi connectivity index (χ1n) is 13.4. The van der Waals surface area contributed by atoms with Crippen molar-refractivity contribution in [1.82, 2.24) is 10.0 Å². The van der Waals surface area contributed by atoms with Crippen molar-refractivity contribution in [3.05, 3.63) is 111 Å². The molecular weight excluding hydrogens is 579 g/mol. The third-order valence-electron chi connectivity index (χ3n) is 8.06. The summed E-state index contributed by atoms with van der Waals surface area (Å²) in [5, 5.41) is 2.07. The van der Waals surface area contributed by atoms with Gasteiger partial charge in [-0.05, 0) is 79.8 Å². The van der Waals surface area contributed by atoms with E-state index in [1.54, 1.807) is 24.3 Å². The average molecular weight is 603 g/mol. The van der Waals surface area contributed by atoms with Gasteiger partial charge in [-0.1, -0.05) is 53.1 Å². The van der Waals surface area contributed by atoms with Gasteiger partial charge < -0.3 is 4.74 Å². The molecule has 0 spiro atoms. The second-order valence-corrected chi connectivity index (χ2v) is 11.5. The summed E-state index contributed by atoms with van der Waals surface area (Å²) in [4.78, 5) is 66.8. The van der Waals surface area contributed by atoms with E-state index in [4.69, 9.17) is 27.9 Å². The highest BCUT2D eigenvalue weighted by Gasteiger charge is 2.61. The third-order valence-corrected chi connectivity index (χ3v) is 8.80. The second-order valence-electron chi connectivity index (χ2n) is 10.7. The maximum atomic E-state index is 13.7. The number of halogens is 2. The zero-order valence-corrected chi connectivity index (χ0v) is 23.8. The fourth-order valence-electron chi connectivity index (χ4n) is 5.93. The average Bonchev–Trinajstić information content (AvgIpc) is 3.67. The molecule has 1 aliphatic heterocycles. The van der Waals surface area contributed by atoms with Crippen LogP contribution in [-0.2, 0) is 9.59 Å². The van der Waals surface area contributed by atoms with Gasteiger partial charge in [-0.3, -0.25) is 19.2 Å². The van der Waals surface area contributed by atoms with Gasteiger partial charge in [0.25, 0.3) is 17.7 Å². The van der Waals surface area contributed by atoms with Crippen molar-refractivity contribution in [2.45, 2.75) is 13.3 Å². The summed E-state index contributed by atoms with van der Waals surface area (Å²) in [5.41, 5.74) is 1.64. The van der Waals surface area contributed by atoms with E-state index < -0.39 is 47.9 Å². The van der Waals surface area contributed by atoms with Crippen LogP contribution >= 0.6 is 23.2 Å². The first-order valence-corrected chi connectivity index (χ1v) is 14.1. The maximum absolute atomic E-state index is 13.7. The van der Waals surface area contributed by atoms with Gasteiger partial charge in [0.1, 0.15) is 12.3 Å². The SMILES string of the molecule is Cc1ccc(C(=O)Oc2ccc(C(=O)CN(C(=O)c3ccc(Cl)c(Cl)c3)N3C(=O)[C@H]4[C@H](C3=O)[C@H]3C=C[C@H]4C3)cc2)cc1. The lowest BCUT2D eigenvalue weighted by atomic mass is 9.85. The smallest absolute Gasteiger partial charge is 0.343 e. The largest absolute Gasteiger partial charge is 0.423 e. The number of imide groups is 1. The van der Waals surface area contributed by atoms with E-state index in [2.05, 4.69) is 0 Å². The molecule has 3 aromatic carbocycles. The molecule has 212 valence electrons. The van der Waals surface area contributed by atoms with Crippen molar-refractivity contribution in [2.24, 2.45) is 23.7 Å². The van der Waals surface area contributed by atoms with Crippen LogP contribution < -0.4 is 4.74 Å². The lowest BCUT2D eigenvalue weighted by molar-refractivity contribution is -0.154. The van der Waals surface area contributed by atoms with E-state index in [-0.39, 0.29) is 38.8 Å². The van der Waals surface area contributed by atoms with Crippen LogP contribution in [0.5, 0.6) is 5.75 Å². The highest BCUT2D eigenvalue weighted by molar-refractivity contribution is 6.42. The van der Waals surface area contributed by atoms with Crippen molar-refractivity contribution in [3.8, 4) is 5.75 Å². The number of ketones is 1. The van der Waals surface area contributed by atoms with E-state index in [1.807, 2.05) is 19.1 Å². The van der Waals surface area contributed by atoms with Gasteiger partial charge in [-0.25, -0.2) is 9.80 Å². The summed E-state index contributed by atoms with van der Waals surface area (Å²) >= 11 is 12.2. The van der Waals surface area contributed by atoms with E-state index in [9.17, 15) is 24.0 Å². The predicted octanol–water partition coefficient (Wildman–Crippen LogP) is 5.57. The minimum atomic E-state index is -0.743. The summed E-state index contributed by atoms with van der Waals surface area (Å²) in [6.45, 7) is 1.33. The standard InChI is InChI=1S/C32H24Cl2N2O6/c1-17-2-4-19(5-3-17)32(41)42-23-11-8-18(9-12-23)26(37)16-35(29(38)22-10-13-24(33)25(34)15-22)36-30(39)27-20-6-7-21(14-20)28(27)31(36)40/h2-13,15,20-21,27-28H,14,16H2,1H3/t20-,21-,27+,28+/m0/s1. The van der Waals surface area contributed by atoms with Crippen LogP contribution in [-0.4, -0.2) is 46.0 Å². The number of carbonyl (C=O) groups is 5. The maximum Gasteiger partial charge on any atom is 0.343 e. The number of amides is 3. The number of fused-ring (bicyclic) bond motifs is 5. The molecule has 0 radical (unpaired) electrons. The fourth-order valence-corrected chi connectivity index (χ4v) is 6.23. The zero-order chi connectivity index (χ0) is 29.7. The Bertz CT molecular complexity index is 1640. The number of aryl methyl sites for hydroxylation is 1. The minimum Gasteiger partial charge on any atom is -0.423 e. The van der Waals surface area contributed by atoms with Crippen molar-refractivity contribution >= 4 is 52.7 Å². The Hall–Kier alpha value is -4.27. The van der Waals surface area contributed by atoms with Crippen LogP contribution in [0.3, 0.4) is 0 Å². The summed E-state index contributed by atoms with van der Waals surface area (Å²) in [7, 11) is 0. The third kappa shape index (κ3) is 4.91. The van der Waals surface area contributed by atoms with Crippen LogP contribution in [0, 0.1) is 30.6 Å². The minimum absolute atomic E-state index is 0.0642.